The SMILES string of the molecule is O=C1C[C@@]2(Oc3ccccc31)C(=O)N(C1CCCCC1)C(=O)N2C1CCCCC1. The Kier molecular flexibility index (Phi) is 4.60. The molecule has 1 atom stereocenters. The molecule has 2 saturated carbocycles. The number of amides is 3. The number of imide groups is 1. The van der Waals surface area contributed by atoms with Gasteiger partial charge in [0.15, 0.2) is 5.78 Å². The van der Waals surface area contributed by atoms with Crippen molar-refractivity contribution in [1.82, 2.24) is 9.80 Å². The molecule has 2 aliphatic carbocycles. The maximum absolute atomic E-state index is 13.8. The second-order valence-electron chi connectivity index (χ2n) is 8.89. The number of carbonyl (C=O) groups excluding carboxylic acids is 3. The highest BCUT2D eigenvalue weighted by Crippen LogP contribution is 2.45. The number of fused-ring (bicyclic) bond motifs is 1. The second-order valence-corrected chi connectivity index (χ2v) is 8.89. The molecule has 6 nitrogen and oxygen atoms in total. The Morgan fingerprint density at radius 1 is 0.828 bits per heavy atom. The van der Waals surface area contributed by atoms with E-state index < -0.39 is 5.72 Å². The van der Waals surface area contributed by atoms with Gasteiger partial charge in [0.1, 0.15) is 5.75 Å². The molecule has 0 radical (unpaired) electrons. The van der Waals surface area contributed by atoms with Crippen LogP contribution in [0.1, 0.15) is 81.0 Å². The van der Waals surface area contributed by atoms with E-state index in [-0.39, 0.29) is 36.2 Å². The van der Waals surface area contributed by atoms with Crippen molar-refractivity contribution in [1.29, 1.82) is 0 Å². The molecule has 29 heavy (non-hydrogen) atoms. The molecule has 0 bridgehead atoms. The van der Waals surface area contributed by atoms with Gasteiger partial charge in [-0.15, -0.1) is 0 Å². The summed E-state index contributed by atoms with van der Waals surface area (Å²) in [6.45, 7) is 0. The minimum Gasteiger partial charge on any atom is -0.457 e. The summed E-state index contributed by atoms with van der Waals surface area (Å²) in [7, 11) is 0. The van der Waals surface area contributed by atoms with Crippen LogP contribution in [0.4, 0.5) is 4.79 Å². The van der Waals surface area contributed by atoms with E-state index in [4.69, 9.17) is 4.74 Å². The van der Waals surface area contributed by atoms with Crippen LogP contribution in [0.5, 0.6) is 5.75 Å². The first kappa shape index (κ1) is 18.6. The van der Waals surface area contributed by atoms with Crippen molar-refractivity contribution in [2.45, 2.75) is 88.4 Å². The third-order valence-corrected chi connectivity index (χ3v) is 7.10. The van der Waals surface area contributed by atoms with Gasteiger partial charge in [0.25, 0.3) is 11.6 Å². The lowest BCUT2D eigenvalue weighted by atomic mass is 9.89. The van der Waals surface area contributed by atoms with E-state index in [0.29, 0.717) is 11.3 Å². The normalized spacial score (nSPS) is 28.8. The van der Waals surface area contributed by atoms with Crippen molar-refractivity contribution < 1.29 is 19.1 Å². The number of Topliss-reactive ketones (excluding diaryl/α,β-unsaturated/α-hetero) is 1. The van der Waals surface area contributed by atoms with Crippen molar-refractivity contribution >= 4 is 17.7 Å². The van der Waals surface area contributed by atoms with Gasteiger partial charge in [-0.3, -0.25) is 19.4 Å². The van der Waals surface area contributed by atoms with Crippen molar-refractivity contribution in [3.8, 4) is 5.75 Å². The summed E-state index contributed by atoms with van der Waals surface area (Å²) in [5.74, 6) is -0.0432. The molecule has 0 aromatic heterocycles. The third-order valence-electron chi connectivity index (χ3n) is 7.10. The van der Waals surface area contributed by atoms with Crippen LogP contribution in [0.25, 0.3) is 0 Å². The van der Waals surface area contributed by atoms with Crippen LogP contribution in [0.15, 0.2) is 24.3 Å². The van der Waals surface area contributed by atoms with Gasteiger partial charge in [0.05, 0.1) is 12.0 Å². The van der Waals surface area contributed by atoms with Gasteiger partial charge in [-0.05, 0) is 37.8 Å². The fraction of sp³-hybridized carbons (Fsp3) is 0.609. The number of carbonyl (C=O) groups is 3. The number of hydrogen-bond donors (Lipinski definition) is 0. The molecule has 0 N–H and O–H groups in total. The van der Waals surface area contributed by atoms with Crippen molar-refractivity contribution in [2.75, 3.05) is 0 Å². The van der Waals surface area contributed by atoms with Crippen LogP contribution >= 0.6 is 0 Å². The average Bonchev–Trinajstić information content (AvgIpc) is 2.95. The molecule has 1 spiro atoms. The largest absolute Gasteiger partial charge is 0.457 e. The van der Waals surface area contributed by atoms with Crippen molar-refractivity contribution in [2.24, 2.45) is 0 Å². The summed E-state index contributed by atoms with van der Waals surface area (Å²) >= 11 is 0. The Labute approximate surface area is 171 Å². The Balaban J connectivity index is 1.58. The predicted molar refractivity (Wildman–Crippen MR) is 107 cm³/mol. The van der Waals surface area contributed by atoms with Crippen LogP contribution < -0.4 is 4.74 Å². The zero-order valence-corrected chi connectivity index (χ0v) is 16.8. The molecule has 1 aromatic rings. The van der Waals surface area contributed by atoms with Gasteiger partial charge < -0.3 is 4.74 Å². The van der Waals surface area contributed by atoms with E-state index in [1.807, 2.05) is 0 Å². The minimum atomic E-state index is -1.51. The van der Waals surface area contributed by atoms with Crippen LogP contribution in [0.3, 0.4) is 0 Å². The molecule has 3 amide bonds. The van der Waals surface area contributed by atoms with Crippen LogP contribution in [0.2, 0.25) is 0 Å². The summed E-state index contributed by atoms with van der Waals surface area (Å²) in [6, 6.07) is 6.69. The third kappa shape index (κ3) is 2.87. The first-order valence-corrected chi connectivity index (χ1v) is 11.1. The number of nitrogens with zero attached hydrogens (tertiary/aromatic N) is 2. The maximum atomic E-state index is 13.8. The summed E-state index contributed by atoms with van der Waals surface area (Å²) in [5.41, 5.74) is -1.01. The Bertz CT molecular complexity index is 841. The van der Waals surface area contributed by atoms with Crippen molar-refractivity contribution in [3.05, 3.63) is 29.8 Å². The minimum absolute atomic E-state index is 0.0492. The Morgan fingerprint density at radius 2 is 1.45 bits per heavy atom. The van der Waals surface area contributed by atoms with E-state index in [9.17, 15) is 14.4 Å². The molecule has 5 rings (SSSR count). The Hall–Kier alpha value is -2.37. The standard InChI is InChI=1S/C23H28N2O4/c26-19-15-23(29-20-14-8-7-13-18(19)20)21(27)24(16-9-3-1-4-10-16)22(28)25(23)17-11-5-2-6-12-17/h7-8,13-14,16-17H,1-6,9-12,15H2/t23-/m1/s1. The first-order chi connectivity index (χ1) is 14.1. The number of urea groups is 1. The molecule has 1 saturated heterocycles. The first-order valence-electron chi connectivity index (χ1n) is 11.1. The molecule has 2 aliphatic heterocycles. The molecule has 154 valence electrons. The number of benzene rings is 1. The second kappa shape index (κ2) is 7.15. The molecule has 2 heterocycles. The van der Waals surface area contributed by atoms with Gasteiger partial charge in [0.2, 0.25) is 0 Å². The van der Waals surface area contributed by atoms with Gasteiger partial charge >= 0.3 is 6.03 Å². The van der Waals surface area contributed by atoms with Crippen LogP contribution in [-0.2, 0) is 4.79 Å². The van der Waals surface area contributed by atoms with E-state index in [1.54, 1.807) is 29.2 Å². The summed E-state index contributed by atoms with van der Waals surface area (Å²) in [4.78, 5) is 43.6. The van der Waals surface area contributed by atoms with E-state index >= 15 is 0 Å². The maximum Gasteiger partial charge on any atom is 0.330 e. The van der Waals surface area contributed by atoms with E-state index in [2.05, 4.69) is 0 Å². The Morgan fingerprint density at radius 3 is 2.14 bits per heavy atom. The smallest absolute Gasteiger partial charge is 0.330 e. The van der Waals surface area contributed by atoms with Crippen molar-refractivity contribution in [3.63, 3.8) is 0 Å². The average molecular weight is 396 g/mol. The molecule has 3 fully saturated rings. The summed E-state index contributed by atoms with van der Waals surface area (Å²) < 4.78 is 6.31. The lowest BCUT2D eigenvalue weighted by molar-refractivity contribution is -0.153. The van der Waals surface area contributed by atoms with Crippen LogP contribution in [0, 0.1) is 0 Å². The topological polar surface area (TPSA) is 66.9 Å². The number of ether oxygens (including phenoxy) is 1. The number of para-hydroxylation sites is 1. The highest BCUT2D eigenvalue weighted by Gasteiger charge is 2.65. The summed E-state index contributed by atoms with van der Waals surface area (Å²) in [6.07, 6.45) is 9.74. The fourth-order valence-electron chi connectivity index (χ4n) is 5.67. The van der Waals surface area contributed by atoms with Crippen LogP contribution in [-0.4, -0.2) is 45.3 Å². The van der Waals surface area contributed by atoms with E-state index in [1.165, 1.54) is 4.90 Å². The predicted octanol–water partition coefficient (Wildman–Crippen LogP) is 4.28. The van der Waals surface area contributed by atoms with Gasteiger partial charge in [0, 0.05) is 12.1 Å². The molecular formula is C23H28N2O4. The lowest BCUT2D eigenvalue weighted by Gasteiger charge is -2.43. The van der Waals surface area contributed by atoms with Gasteiger partial charge in [-0.1, -0.05) is 50.7 Å². The molecule has 4 aliphatic rings. The monoisotopic (exact) mass is 396 g/mol. The molecular weight excluding hydrogens is 368 g/mol. The number of ketones is 1. The zero-order chi connectivity index (χ0) is 20.0. The highest BCUT2D eigenvalue weighted by atomic mass is 16.5. The number of rotatable bonds is 2. The lowest BCUT2D eigenvalue weighted by Crippen LogP contribution is -2.60. The zero-order valence-electron chi connectivity index (χ0n) is 16.8. The fourth-order valence-corrected chi connectivity index (χ4v) is 5.67. The molecule has 6 heteroatoms. The summed E-state index contributed by atoms with van der Waals surface area (Å²) in [5, 5.41) is 0. The molecule has 0 unspecified atom stereocenters. The van der Waals surface area contributed by atoms with Gasteiger partial charge in [-0.25, -0.2) is 4.79 Å². The highest BCUT2D eigenvalue weighted by molar-refractivity contribution is 6.12. The molecule has 1 aromatic carbocycles. The quantitative estimate of drug-likeness (QED) is 0.700. The van der Waals surface area contributed by atoms with E-state index in [0.717, 1.165) is 64.2 Å². The van der Waals surface area contributed by atoms with Gasteiger partial charge in [-0.2, -0.15) is 0 Å². The number of hydrogen-bond acceptors (Lipinski definition) is 4.